The minimum atomic E-state index is -0.743. The van der Waals surface area contributed by atoms with Gasteiger partial charge in [-0.25, -0.2) is 4.98 Å². The van der Waals surface area contributed by atoms with Crippen LogP contribution < -0.4 is 5.32 Å². The Kier molecular flexibility index (Phi) is 5.90. The monoisotopic (exact) mass is 306 g/mol. The number of nitrogens with zero attached hydrogens (tertiary/aromatic N) is 1. The quantitative estimate of drug-likeness (QED) is 0.795. The highest BCUT2D eigenvalue weighted by Crippen LogP contribution is 2.11. The second-order valence-electron chi connectivity index (χ2n) is 4.77. The molecule has 1 aliphatic heterocycles. The predicted octanol–water partition coefficient (Wildman–Crippen LogP) is 0.456. The maximum atomic E-state index is 12.3. The molecule has 1 aliphatic rings. The Balaban J connectivity index is 2.05. The van der Waals surface area contributed by atoms with Gasteiger partial charge in [-0.15, -0.1) is 0 Å². The SMILES string of the molecule is O=C(NC1CCS(=O)CC1)c1ncccc1C#CCCO. The van der Waals surface area contributed by atoms with E-state index in [0.29, 0.717) is 29.2 Å². The fourth-order valence-corrected chi connectivity index (χ4v) is 3.39. The lowest BCUT2D eigenvalue weighted by molar-refractivity contribution is 0.0929. The van der Waals surface area contributed by atoms with Gasteiger partial charge in [-0.1, -0.05) is 11.8 Å². The van der Waals surface area contributed by atoms with Gasteiger partial charge in [-0.3, -0.25) is 9.00 Å². The number of carbonyl (C=O) groups excluding carboxylic acids is 1. The van der Waals surface area contributed by atoms with Crippen LogP contribution in [0.25, 0.3) is 0 Å². The van der Waals surface area contributed by atoms with Crippen molar-refractivity contribution < 1.29 is 14.1 Å². The molecule has 2 rings (SSSR count). The molecule has 2 N–H and O–H groups in total. The first kappa shape index (κ1) is 15.7. The van der Waals surface area contributed by atoms with E-state index in [9.17, 15) is 9.00 Å². The number of aliphatic hydroxyl groups excluding tert-OH is 1. The summed E-state index contributed by atoms with van der Waals surface area (Å²) in [5.41, 5.74) is 0.859. The van der Waals surface area contributed by atoms with Crippen molar-refractivity contribution >= 4 is 16.7 Å². The van der Waals surface area contributed by atoms with Crippen LogP contribution in [0.4, 0.5) is 0 Å². The van der Waals surface area contributed by atoms with Gasteiger partial charge in [0.05, 0.1) is 12.2 Å². The molecule has 21 heavy (non-hydrogen) atoms. The lowest BCUT2D eigenvalue weighted by Crippen LogP contribution is -2.40. The van der Waals surface area contributed by atoms with Gasteiger partial charge < -0.3 is 10.4 Å². The zero-order chi connectivity index (χ0) is 15.1. The Bertz CT molecular complexity index is 582. The first-order valence-electron chi connectivity index (χ1n) is 6.91. The minimum absolute atomic E-state index is 0.00595. The molecule has 0 bridgehead atoms. The molecule has 2 heterocycles. The van der Waals surface area contributed by atoms with Gasteiger partial charge >= 0.3 is 0 Å². The predicted molar refractivity (Wildman–Crippen MR) is 81.2 cm³/mol. The fourth-order valence-electron chi connectivity index (χ4n) is 2.09. The number of pyridine rings is 1. The Morgan fingerprint density at radius 3 is 2.95 bits per heavy atom. The van der Waals surface area contributed by atoms with E-state index >= 15 is 0 Å². The van der Waals surface area contributed by atoms with Crippen molar-refractivity contribution in [1.29, 1.82) is 0 Å². The van der Waals surface area contributed by atoms with E-state index in [2.05, 4.69) is 22.1 Å². The third kappa shape index (κ3) is 4.66. The van der Waals surface area contributed by atoms with E-state index in [1.807, 2.05) is 0 Å². The van der Waals surface area contributed by atoms with E-state index in [-0.39, 0.29) is 18.6 Å². The average molecular weight is 306 g/mol. The first-order valence-corrected chi connectivity index (χ1v) is 8.40. The number of hydrogen-bond acceptors (Lipinski definition) is 4. The molecule has 5 nitrogen and oxygen atoms in total. The van der Waals surface area contributed by atoms with Crippen molar-refractivity contribution in [3.63, 3.8) is 0 Å². The largest absolute Gasteiger partial charge is 0.395 e. The van der Waals surface area contributed by atoms with Crippen LogP contribution in [0.5, 0.6) is 0 Å². The summed E-state index contributed by atoms with van der Waals surface area (Å²) in [6.07, 6.45) is 3.39. The topological polar surface area (TPSA) is 79.3 Å². The van der Waals surface area contributed by atoms with E-state index in [0.717, 1.165) is 12.8 Å². The second-order valence-corrected chi connectivity index (χ2v) is 6.47. The van der Waals surface area contributed by atoms with Gasteiger partial charge in [-0.2, -0.15) is 0 Å². The molecule has 0 atom stereocenters. The van der Waals surface area contributed by atoms with Crippen LogP contribution >= 0.6 is 0 Å². The van der Waals surface area contributed by atoms with Crippen molar-refractivity contribution in [1.82, 2.24) is 10.3 Å². The summed E-state index contributed by atoms with van der Waals surface area (Å²) in [6, 6.07) is 3.52. The van der Waals surface area contributed by atoms with Gasteiger partial charge in [-0.05, 0) is 25.0 Å². The van der Waals surface area contributed by atoms with Crippen molar-refractivity contribution in [2.45, 2.75) is 25.3 Å². The number of amides is 1. The number of nitrogens with one attached hydrogen (secondary N) is 1. The van der Waals surface area contributed by atoms with Gasteiger partial charge in [0.2, 0.25) is 0 Å². The Morgan fingerprint density at radius 1 is 1.48 bits per heavy atom. The van der Waals surface area contributed by atoms with Gasteiger partial charge in [0, 0.05) is 41.0 Å². The standard InChI is InChI=1S/C15H18N2O3S/c18-9-2-1-4-12-5-3-8-16-14(12)15(19)17-13-6-10-21(20)11-7-13/h3,5,8,13,18H,2,6-7,9-11H2,(H,17,19). The van der Waals surface area contributed by atoms with Crippen LogP contribution in [-0.4, -0.2) is 44.4 Å². The number of aromatic nitrogens is 1. The molecule has 1 fully saturated rings. The number of aliphatic hydroxyl groups is 1. The molecule has 1 saturated heterocycles. The fraction of sp³-hybridized carbons (Fsp3) is 0.467. The summed E-state index contributed by atoms with van der Waals surface area (Å²) in [5, 5.41) is 11.7. The average Bonchev–Trinajstić information content (AvgIpc) is 2.50. The smallest absolute Gasteiger partial charge is 0.271 e. The number of hydrogen-bond donors (Lipinski definition) is 2. The van der Waals surface area contributed by atoms with Gasteiger partial charge in [0.25, 0.3) is 5.91 Å². The third-order valence-electron chi connectivity index (χ3n) is 3.21. The molecule has 0 unspecified atom stereocenters. The van der Waals surface area contributed by atoms with E-state index < -0.39 is 10.8 Å². The van der Waals surface area contributed by atoms with Crippen LogP contribution in [0.15, 0.2) is 18.3 Å². The zero-order valence-electron chi connectivity index (χ0n) is 11.7. The van der Waals surface area contributed by atoms with Crippen molar-refractivity contribution in [2.75, 3.05) is 18.1 Å². The van der Waals surface area contributed by atoms with Gasteiger partial charge in [0.15, 0.2) is 0 Å². The molecule has 112 valence electrons. The van der Waals surface area contributed by atoms with Crippen molar-refractivity contribution in [3.8, 4) is 11.8 Å². The molecule has 0 aliphatic carbocycles. The summed E-state index contributed by atoms with van der Waals surface area (Å²) in [5.74, 6) is 6.68. The molecular formula is C15H18N2O3S. The Morgan fingerprint density at radius 2 is 2.24 bits per heavy atom. The highest BCUT2D eigenvalue weighted by molar-refractivity contribution is 7.85. The van der Waals surface area contributed by atoms with Crippen LogP contribution in [0, 0.1) is 11.8 Å². The molecule has 1 aromatic rings. The number of carbonyl (C=O) groups is 1. The van der Waals surface area contributed by atoms with Crippen LogP contribution in [0.2, 0.25) is 0 Å². The third-order valence-corrected chi connectivity index (χ3v) is 4.59. The van der Waals surface area contributed by atoms with Crippen LogP contribution in [0.1, 0.15) is 35.3 Å². The van der Waals surface area contributed by atoms with E-state index in [1.54, 1.807) is 18.3 Å². The van der Waals surface area contributed by atoms with Crippen molar-refractivity contribution in [3.05, 3.63) is 29.6 Å². The second kappa shape index (κ2) is 7.91. The lowest BCUT2D eigenvalue weighted by atomic mass is 10.1. The van der Waals surface area contributed by atoms with Crippen LogP contribution in [0.3, 0.4) is 0 Å². The molecule has 1 amide bonds. The molecule has 0 radical (unpaired) electrons. The molecule has 0 aromatic carbocycles. The van der Waals surface area contributed by atoms with Crippen LogP contribution in [-0.2, 0) is 10.8 Å². The number of rotatable bonds is 3. The molecule has 0 spiro atoms. The maximum absolute atomic E-state index is 12.3. The molecule has 1 aromatic heterocycles. The summed E-state index contributed by atoms with van der Waals surface area (Å²) >= 11 is 0. The zero-order valence-corrected chi connectivity index (χ0v) is 12.5. The first-order chi connectivity index (χ1) is 10.2. The highest BCUT2D eigenvalue weighted by atomic mass is 32.2. The summed E-state index contributed by atoms with van der Waals surface area (Å²) in [6.45, 7) is -0.00595. The minimum Gasteiger partial charge on any atom is -0.395 e. The molecular weight excluding hydrogens is 288 g/mol. The summed E-state index contributed by atoms with van der Waals surface area (Å²) < 4.78 is 11.3. The van der Waals surface area contributed by atoms with E-state index in [1.165, 1.54) is 0 Å². The van der Waals surface area contributed by atoms with Gasteiger partial charge in [0.1, 0.15) is 5.69 Å². The lowest BCUT2D eigenvalue weighted by Gasteiger charge is -2.22. The Hall–Kier alpha value is -1.71. The summed E-state index contributed by atoms with van der Waals surface area (Å²) in [7, 11) is -0.743. The summed E-state index contributed by atoms with van der Waals surface area (Å²) in [4.78, 5) is 16.4. The molecule has 0 saturated carbocycles. The normalized spacial score (nSPS) is 21.2. The highest BCUT2D eigenvalue weighted by Gasteiger charge is 2.21. The van der Waals surface area contributed by atoms with E-state index in [4.69, 9.17) is 5.11 Å². The maximum Gasteiger partial charge on any atom is 0.271 e. The van der Waals surface area contributed by atoms with Crippen molar-refractivity contribution in [2.24, 2.45) is 0 Å². The molecule has 6 heteroatoms. The Labute approximate surface area is 126 Å².